The Morgan fingerprint density at radius 2 is 2.07 bits per heavy atom. The number of hydrogen-bond acceptors (Lipinski definition) is 5. The molecule has 0 aromatic heterocycles. The van der Waals surface area contributed by atoms with Crippen LogP contribution in [0.3, 0.4) is 0 Å². The van der Waals surface area contributed by atoms with E-state index in [0.29, 0.717) is 37.2 Å². The molecule has 0 bridgehead atoms. The van der Waals surface area contributed by atoms with Crippen LogP contribution in [0.25, 0.3) is 0 Å². The van der Waals surface area contributed by atoms with E-state index in [4.69, 9.17) is 9.39 Å². The van der Waals surface area contributed by atoms with Crippen LogP contribution >= 0.6 is 0 Å². The Kier molecular flexibility index (Phi) is 7.48. The molecule has 1 atom stereocenters. The largest absolute Gasteiger partial charge is 0.535 e. The number of hydrogen-bond donors (Lipinski definition) is 1. The molecule has 0 saturated carbocycles. The highest BCUT2D eigenvalue weighted by molar-refractivity contribution is 6.47. The summed E-state index contributed by atoms with van der Waals surface area (Å²) in [5, 5.41) is 10.4. The van der Waals surface area contributed by atoms with Crippen LogP contribution in [0, 0.1) is 5.41 Å². The zero-order valence-electron chi connectivity index (χ0n) is 16.9. The Balaban J connectivity index is 2.05. The predicted octanol–water partition coefficient (Wildman–Crippen LogP) is 4.21. The highest BCUT2D eigenvalue weighted by Gasteiger charge is 2.37. The Labute approximate surface area is 162 Å². The van der Waals surface area contributed by atoms with E-state index in [1.807, 2.05) is 13.0 Å². The van der Waals surface area contributed by atoms with Crippen molar-refractivity contribution in [3.05, 3.63) is 29.3 Å². The van der Waals surface area contributed by atoms with Crippen LogP contribution in [0.4, 0.5) is 0 Å². The Morgan fingerprint density at radius 1 is 1.33 bits per heavy atom. The van der Waals surface area contributed by atoms with Crippen molar-refractivity contribution in [3.8, 4) is 5.75 Å². The first-order valence-electron chi connectivity index (χ1n) is 9.86. The summed E-state index contributed by atoms with van der Waals surface area (Å²) in [7, 11) is -1.09. The minimum atomic E-state index is -1.09. The van der Waals surface area contributed by atoms with Gasteiger partial charge in [0.25, 0.3) is 0 Å². The van der Waals surface area contributed by atoms with Crippen molar-refractivity contribution in [2.45, 2.75) is 72.0 Å². The molecule has 148 valence electrons. The third-order valence-electron chi connectivity index (χ3n) is 4.82. The van der Waals surface area contributed by atoms with Crippen molar-refractivity contribution in [2.24, 2.45) is 5.41 Å². The fraction of sp³-hybridized carbons (Fsp3) is 0.619. The number of fused-ring (bicyclic) bond motifs is 1. The van der Waals surface area contributed by atoms with Crippen molar-refractivity contribution in [3.63, 3.8) is 0 Å². The summed E-state index contributed by atoms with van der Waals surface area (Å²) in [6.07, 6.45) is 3.94. The average Bonchev–Trinajstić information content (AvgIpc) is 2.59. The van der Waals surface area contributed by atoms with E-state index in [2.05, 4.69) is 20.8 Å². The van der Waals surface area contributed by atoms with Crippen LogP contribution in [0.15, 0.2) is 18.2 Å². The van der Waals surface area contributed by atoms with E-state index in [1.54, 1.807) is 12.1 Å². The lowest BCUT2D eigenvalue weighted by atomic mass is 9.64. The molecule has 0 spiro atoms. The summed E-state index contributed by atoms with van der Waals surface area (Å²) in [5.74, 6) is -0.205. The van der Waals surface area contributed by atoms with Gasteiger partial charge in [-0.3, -0.25) is 4.79 Å². The lowest BCUT2D eigenvalue weighted by Crippen LogP contribution is -2.36. The third kappa shape index (κ3) is 6.38. The summed E-state index contributed by atoms with van der Waals surface area (Å²) in [6.45, 7) is 8.65. The molecular formula is C21H31BO5. The Morgan fingerprint density at radius 3 is 2.74 bits per heavy atom. The fourth-order valence-electron chi connectivity index (χ4n) is 3.11. The lowest BCUT2D eigenvalue weighted by molar-refractivity contribution is -0.119. The molecule has 1 aliphatic rings. The van der Waals surface area contributed by atoms with Crippen molar-refractivity contribution >= 4 is 18.9 Å². The standard InChI is InChI=1S/C21H31BO5/c1-5-6-9-17(23)14-16-13-15-8-7-10-18(19(15)27-22(16)25)20(24)26-12-11-21(2,3)4/h7-8,10,16,25H,5-6,9,11-14H2,1-4H3/t16-/m1/s1. The molecule has 27 heavy (non-hydrogen) atoms. The van der Waals surface area contributed by atoms with Crippen molar-refractivity contribution in [2.75, 3.05) is 6.61 Å². The summed E-state index contributed by atoms with van der Waals surface area (Å²) in [6, 6.07) is 5.31. The average molecular weight is 374 g/mol. The minimum Gasteiger partial charge on any atom is -0.535 e. The zero-order chi connectivity index (χ0) is 20.0. The van der Waals surface area contributed by atoms with Crippen molar-refractivity contribution in [1.29, 1.82) is 0 Å². The van der Waals surface area contributed by atoms with Gasteiger partial charge in [0.2, 0.25) is 0 Å². The lowest BCUT2D eigenvalue weighted by Gasteiger charge is -2.28. The molecule has 1 aromatic carbocycles. The first-order chi connectivity index (χ1) is 12.7. The van der Waals surface area contributed by atoms with Gasteiger partial charge >= 0.3 is 13.1 Å². The Bertz CT molecular complexity index is 665. The smallest absolute Gasteiger partial charge is 0.526 e. The van der Waals surface area contributed by atoms with Gasteiger partial charge in [0.05, 0.1) is 6.61 Å². The normalized spacial score (nSPS) is 16.5. The van der Waals surface area contributed by atoms with Gasteiger partial charge < -0.3 is 14.4 Å². The number of para-hydroxylation sites is 1. The molecule has 1 heterocycles. The van der Waals surface area contributed by atoms with E-state index in [0.717, 1.165) is 24.8 Å². The van der Waals surface area contributed by atoms with Crippen LogP contribution in [-0.4, -0.2) is 30.5 Å². The van der Waals surface area contributed by atoms with Gasteiger partial charge in [-0.2, -0.15) is 0 Å². The number of carbonyl (C=O) groups excluding carboxylic acids is 2. The van der Waals surface area contributed by atoms with E-state index in [-0.39, 0.29) is 17.0 Å². The predicted molar refractivity (Wildman–Crippen MR) is 106 cm³/mol. The molecule has 1 N–H and O–H groups in total. The van der Waals surface area contributed by atoms with Crippen molar-refractivity contribution in [1.82, 2.24) is 0 Å². The summed E-state index contributed by atoms with van der Waals surface area (Å²) >= 11 is 0. The molecule has 6 heteroatoms. The van der Waals surface area contributed by atoms with E-state index in [9.17, 15) is 14.6 Å². The van der Waals surface area contributed by atoms with E-state index >= 15 is 0 Å². The Hall–Kier alpha value is -1.82. The molecule has 0 amide bonds. The molecule has 2 rings (SSSR count). The SMILES string of the molecule is CCCCC(=O)C[C@H]1Cc2cccc(C(=O)OCCC(C)(C)C)c2OB1O. The summed E-state index contributed by atoms with van der Waals surface area (Å²) < 4.78 is 11.0. The van der Waals surface area contributed by atoms with Crippen LogP contribution in [-0.2, 0) is 16.0 Å². The van der Waals surface area contributed by atoms with Crippen LogP contribution in [0.2, 0.25) is 5.82 Å². The number of unbranched alkanes of at least 4 members (excludes halogenated alkanes) is 1. The number of carbonyl (C=O) groups is 2. The number of Topliss-reactive ketones (excluding diaryl/α,β-unsaturated/α-hetero) is 1. The number of esters is 1. The molecule has 0 radical (unpaired) electrons. The van der Waals surface area contributed by atoms with Crippen LogP contribution in [0.1, 0.15) is 75.7 Å². The number of benzene rings is 1. The van der Waals surface area contributed by atoms with Gasteiger partial charge in [0, 0.05) is 18.7 Å². The summed E-state index contributed by atoms with van der Waals surface area (Å²) in [4.78, 5) is 24.5. The first-order valence-corrected chi connectivity index (χ1v) is 9.86. The summed E-state index contributed by atoms with van der Waals surface area (Å²) in [5.41, 5.74) is 1.25. The molecular weight excluding hydrogens is 343 g/mol. The second kappa shape index (κ2) is 9.40. The molecule has 5 nitrogen and oxygen atoms in total. The fourth-order valence-corrected chi connectivity index (χ4v) is 3.11. The molecule has 0 aliphatic carbocycles. The van der Waals surface area contributed by atoms with Crippen LogP contribution < -0.4 is 4.65 Å². The van der Waals surface area contributed by atoms with Gasteiger partial charge in [-0.25, -0.2) is 4.79 Å². The van der Waals surface area contributed by atoms with Gasteiger partial charge in [-0.1, -0.05) is 46.2 Å². The quantitative estimate of drug-likeness (QED) is 0.545. The maximum absolute atomic E-state index is 12.4. The maximum Gasteiger partial charge on any atom is 0.526 e. The van der Waals surface area contributed by atoms with Crippen LogP contribution in [0.5, 0.6) is 5.75 Å². The van der Waals surface area contributed by atoms with Crippen molar-refractivity contribution < 1.29 is 24.0 Å². The van der Waals surface area contributed by atoms with E-state index in [1.165, 1.54) is 0 Å². The topological polar surface area (TPSA) is 72.8 Å². The van der Waals surface area contributed by atoms with E-state index < -0.39 is 13.1 Å². The third-order valence-corrected chi connectivity index (χ3v) is 4.82. The highest BCUT2D eigenvalue weighted by Crippen LogP contribution is 2.36. The first kappa shape index (κ1) is 21.5. The molecule has 1 aliphatic heterocycles. The van der Waals surface area contributed by atoms with Gasteiger partial charge in [0.15, 0.2) is 0 Å². The zero-order valence-corrected chi connectivity index (χ0v) is 16.9. The maximum atomic E-state index is 12.4. The number of ether oxygens (including phenoxy) is 1. The second-order valence-electron chi connectivity index (χ2n) is 8.56. The van der Waals surface area contributed by atoms with Gasteiger partial charge in [0.1, 0.15) is 17.1 Å². The molecule has 1 aromatic rings. The van der Waals surface area contributed by atoms with Gasteiger partial charge in [-0.05, 0) is 36.3 Å². The monoisotopic (exact) mass is 374 g/mol. The molecule has 0 unspecified atom stereocenters. The highest BCUT2D eigenvalue weighted by atomic mass is 16.5. The van der Waals surface area contributed by atoms with Gasteiger partial charge in [-0.15, -0.1) is 0 Å². The molecule has 0 fully saturated rings. The number of rotatable bonds is 8. The number of ketones is 1. The minimum absolute atomic E-state index is 0.0840. The molecule has 0 saturated heterocycles. The second-order valence-corrected chi connectivity index (χ2v) is 8.56.